The second kappa shape index (κ2) is 7.57. The number of amides is 1. The number of carbonyl (C=O) groups excluding carboxylic acids is 2. The van der Waals surface area contributed by atoms with E-state index in [1.807, 2.05) is 0 Å². The zero-order valence-corrected chi connectivity index (χ0v) is 14.7. The standard InChI is InChI=1S/C16H24N4O3S/c1-23-13(21)6-5-12-19-20-16(24-12)18-15(22)11-7-9-3-2-4-10(8-11)14(9)17/h9-11,14H,2-8,17H2,1H3,(H,18,20,22). The van der Waals surface area contributed by atoms with E-state index in [4.69, 9.17) is 5.73 Å². The van der Waals surface area contributed by atoms with E-state index in [0.717, 1.165) is 30.7 Å². The molecule has 2 aliphatic carbocycles. The Hall–Kier alpha value is -1.54. The van der Waals surface area contributed by atoms with Crippen LogP contribution in [0.1, 0.15) is 43.5 Å². The number of esters is 1. The summed E-state index contributed by atoms with van der Waals surface area (Å²) in [6.07, 6.45) is 5.99. The first-order valence-corrected chi connectivity index (χ1v) is 9.34. The van der Waals surface area contributed by atoms with Crippen LogP contribution in [0.5, 0.6) is 0 Å². The van der Waals surface area contributed by atoms with Gasteiger partial charge in [0.15, 0.2) is 0 Å². The normalized spacial score (nSPS) is 29.1. The molecule has 1 amide bonds. The maximum Gasteiger partial charge on any atom is 0.305 e. The number of nitrogens with one attached hydrogen (secondary N) is 1. The van der Waals surface area contributed by atoms with E-state index in [9.17, 15) is 9.59 Å². The van der Waals surface area contributed by atoms with Gasteiger partial charge in [-0.25, -0.2) is 0 Å². The molecule has 2 bridgehead atoms. The molecule has 1 aromatic rings. The largest absolute Gasteiger partial charge is 0.469 e. The van der Waals surface area contributed by atoms with Crippen molar-refractivity contribution >= 4 is 28.3 Å². The van der Waals surface area contributed by atoms with Crippen LogP contribution in [0.3, 0.4) is 0 Å². The fraction of sp³-hybridized carbons (Fsp3) is 0.750. The molecule has 0 spiro atoms. The van der Waals surface area contributed by atoms with Gasteiger partial charge in [0, 0.05) is 18.4 Å². The van der Waals surface area contributed by atoms with Crippen molar-refractivity contribution < 1.29 is 14.3 Å². The highest BCUT2D eigenvalue weighted by atomic mass is 32.1. The highest BCUT2D eigenvalue weighted by Crippen LogP contribution is 2.42. The third kappa shape index (κ3) is 3.92. The molecule has 8 heteroatoms. The minimum atomic E-state index is -0.277. The van der Waals surface area contributed by atoms with Crippen LogP contribution in [-0.4, -0.2) is 35.2 Å². The summed E-state index contributed by atoms with van der Waals surface area (Å²) in [5.41, 5.74) is 6.28. The quantitative estimate of drug-likeness (QED) is 0.782. The number of aryl methyl sites for hydroxylation is 1. The maximum atomic E-state index is 12.5. The van der Waals surface area contributed by atoms with Crippen LogP contribution >= 0.6 is 11.3 Å². The average Bonchev–Trinajstić information content (AvgIpc) is 2.99. The molecule has 2 aliphatic rings. The second-order valence-corrected chi connectivity index (χ2v) is 7.83. The van der Waals surface area contributed by atoms with Crippen molar-refractivity contribution in [3.8, 4) is 0 Å². The number of nitrogens with zero attached hydrogens (tertiary/aromatic N) is 2. The van der Waals surface area contributed by atoms with Crippen molar-refractivity contribution in [3.05, 3.63) is 5.01 Å². The van der Waals surface area contributed by atoms with Crippen LogP contribution in [0.15, 0.2) is 0 Å². The first-order chi connectivity index (χ1) is 11.6. The molecule has 0 aliphatic heterocycles. The molecule has 24 heavy (non-hydrogen) atoms. The van der Waals surface area contributed by atoms with E-state index < -0.39 is 0 Å². The van der Waals surface area contributed by atoms with Gasteiger partial charge in [0.25, 0.3) is 0 Å². The molecule has 2 fully saturated rings. The lowest BCUT2D eigenvalue weighted by Gasteiger charge is -2.43. The van der Waals surface area contributed by atoms with Crippen LogP contribution < -0.4 is 11.1 Å². The third-order valence-corrected chi connectivity index (χ3v) is 6.15. The van der Waals surface area contributed by atoms with Crippen LogP contribution in [0, 0.1) is 17.8 Å². The van der Waals surface area contributed by atoms with E-state index in [-0.39, 0.29) is 30.3 Å². The number of hydrogen-bond acceptors (Lipinski definition) is 7. The highest BCUT2D eigenvalue weighted by molar-refractivity contribution is 7.15. The maximum absolute atomic E-state index is 12.5. The Morgan fingerprint density at radius 1 is 1.29 bits per heavy atom. The van der Waals surface area contributed by atoms with Gasteiger partial charge in [0.05, 0.1) is 13.5 Å². The highest BCUT2D eigenvalue weighted by Gasteiger charge is 2.40. The fourth-order valence-corrected chi connectivity index (χ4v) is 4.67. The Bertz CT molecular complexity index is 592. The number of fused-ring (bicyclic) bond motifs is 2. The van der Waals surface area contributed by atoms with Crippen molar-refractivity contribution in [3.63, 3.8) is 0 Å². The molecule has 0 radical (unpaired) electrons. The minimum absolute atomic E-state index is 0.0162. The summed E-state index contributed by atoms with van der Waals surface area (Å²) in [6, 6.07) is 0.259. The molecule has 2 unspecified atom stereocenters. The van der Waals surface area contributed by atoms with Crippen molar-refractivity contribution in [2.24, 2.45) is 23.5 Å². The third-order valence-electron chi connectivity index (χ3n) is 5.25. The number of nitrogens with two attached hydrogens (primary N) is 1. The molecule has 0 saturated heterocycles. The van der Waals surface area contributed by atoms with Gasteiger partial charge in [0.1, 0.15) is 5.01 Å². The predicted molar refractivity (Wildman–Crippen MR) is 90.4 cm³/mol. The van der Waals surface area contributed by atoms with E-state index in [1.165, 1.54) is 24.9 Å². The van der Waals surface area contributed by atoms with Crippen molar-refractivity contribution in [1.29, 1.82) is 0 Å². The van der Waals surface area contributed by atoms with Gasteiger partial charge in [-0.05, 0) is 37.5 Å². The number of hydrogen-bond donors (Lipinski definition) is 2. The van der Waals surface area contributed by atoms with Crippen LogP contribution in [0.25, 0.3) is 0 Å². The molecule has 1 aromatic heterocycles. The molecule has 2 saturated carbocycles. The molecule has 132 valence electrons. The summed E-state index contributed by atoms with van der Waals surface area (Å²) < 4.78 is 4.61. The summed E-state index contributed by atoms with van der Waals surface area (Å²) in [6.45, 7) is 0. The molecule has 7 nitrogen and oxygen atoms in total. The lowest BCUT2D eigenvalue weighted by molar-refractivity contribution is -0.140. The van der Waals surface area contributed by atoms with Crippen LogP contribution in [-0.2, 0) is 20.7 Å². The first-order valence-electron chi connectivity index (χ1n) is 8.52. The topological polar surface area (TPSA) is 107 Å². The van der Waals surface area contributed by atoms with Crippen molar-refractivity contribution in [2.45, 2.75) is 51.0 Å². The molecular weight excluding hydrogens is 328 g/mol. The smallest absolute Gasteiger partial charge is 0.305 e. The number of aromatic nitrogens is 2. The van der Waals surface area contributed by atoms with Crippen molar-refractivity contribution in [2.75, 3.05) is 12.4 Å². The van der Waals surface area contributed by atoms with Gasteiger partial charge >= 0.3 is 5.97 Å². The number of rotatable bonds is 5. The fourth-order valence-electron chi connectivity index (χ4n) is 3.93. The summed E-state index contributed by atoms with van der Waals surface area (Å²) in [7, 11) is 1.36. The molecule has 3 N–H and O–H groups in total. The Kier molecular flexibility index (Phi) is 5.45. The summed E-state index contributed by atoms with van der Waals surface area (Å²) in [5, 5.41) is 12.1. The van der Waals surface area contributed by atoms with E-state index in [1.54, 1.807) is 0 Å². The van der Waals surface area contributed by atoms with Gasteiger partial charge in [-0.3, -0.25) is 9.59 Å². The zero-order chi connectivity index (χ0) is 17.1. The average molecular weight is 352 g/mol. The zero-order valence-electron chi connectivity index (χ0n) is 13.9. The van der Waals surface area contributed by atoms with Gasteiger partial charge in [-0.15, -0.1) is 10.2 Å². The molecule has 0 aromatic carbocycles. The van der Waals surface area contributed by atoms with Crippen LogP contribution in [0.4, 0.5) is 5.13 Å². The van der Waals surface area contributed by atoms with E-state index in [0.29, 0.717) is 23.4 Å². The Balaban J connectivity index is 1.53. The summed E-state index contributed by atoms with van der Waals surface area (Å²) in [4.78, 5) is 23.7. The lowest BCUT2D eigenvalue weighted by atomic mass is 9.65. The summed E-state index contributed by atoms with van der Waals surface area (Å²) in [5.74, 6) is 0.703. The Labute approximate surface area is 145 Å². The van der Waals surface area contributed by atoms with E-state index in [2.05, 4.69) is 20.3 Å². The molecule has 1 heterocycles. The molecule has 2 atom stereocenters. The number of methoxy groups -OCH3 is 1. The molecular formula is C16H24N4O3S. The first kappa shape index (κ1) is 17.3. The van der Waals surface area contributed by atoms with Gasteiger partial charge in [-0.1, -0.05) is 17.8 Å². The van der Waals surface area contributed by atoms with Gasteiger partial charge < -0.3 is 15.8 Å². The van der Waals surface area contributed by atoms with Crippen LogP contribution in [0.2, 0.25) is 0 Å². The van der Waals surface area contributed by atoms with Gasteiger partial charge in [0.2, 0.25) is 11.0 Å². The number of anilines is 1. The Morgan fingerprint density at radius 2 is 2.00 bits per heavy atom. The van der Waals surface area contributed by atoms with Crippen molar-refractivity contribution in [1.82, 2.24) is 10.2 Å². The second-order valence-electron chi connectivity index (χ2n) is 6.76. The monoisotopic (exact) mass is 352 g/mol. The predicted octanol–water partition coefficient (Wildman–Crippen LogP) is 1.74. The SMILES string of the molecule is COC(=O)CCc1nnc(NC(=O)C2CC3CCCC(C2)C3N)s1. The minimum Gasteiger partial charge on any atom is -0.469 e. The van der Waals surface area contributed by atoms with Gasteiger partial charge in [-0.2, -0.15) is 0 Å². The molecule has 3 rings (SSSR count). The summed E-state index contributed by atoms with van der Waals surface area (Å²) >= 11 is 1.31. The number of ether oxygens (including phenoxy) is 1. The Morgan fingerprint density at radius 3 is 2.67 bits per heavy atom. The number of carbonyl (C=O) groups is 2. The van der Waals surface area contributed by atoms with E-state index >= 15 is 0 Å². The lowest BCUT2D eigenvalue weighted by Crippen LogP contribution is -2.48.